The van der Waals surface area contributed by atoms with Crippen LogP contribution in [0.3, 0.4) is 0 Å². The van der Waals surface area contributed by atoms with E-state index >= 15 is 0 Å². The Bertz CT molecular complexity index is 1710. The Labute approximate surface area is 290 Å². The van der Waals surface area contributed by atoms with Crippen LogP contribution in [0.2, 0.25) is 0 Å². The summed E-state index contributed by atoms with van der Waals surface area (Å²) in [4.78, 5) is 42.1. The molecule has 4 atom stereocenters. The standard InChI is InChI=1S/C37H42N4O9/c1-22(2)35(43)49-30-29(48-34(31(30)50-36(44)23(3)4)41-21-39-33(40-41)32(38)42)20-47-37(24-10-8-7-9-11-24,25-12-16-27(45-5)17-13-25)26-14-18-28(46-6)19-15-26/h7-19,21-23,29-31,34H,20H2,1-6H3,(H2,38,42)/t29-,30-,31-,34-/m1/s1. The molecule has 0 unspecified atom stereocenters. The van der Waals surface area contributed by atoms with Crippen LogP contribution in [0, 0.1) is 11.8 Å². The van der Waals surface area contributed by atoms with Crippen molar-refractivity contribution in [2.24, 2.45) is 17.6 Å². The first-order valence-electron chi connectivity index (χ1n) is 16.2. The van der Waals surface area contributed by atoms with Gasteiger partial charge in [0.15, 0.2) is 18.4 Å². The molecule has 13 nitrogen and oxygen atoms in total. The molecule has 0 spiro atoms. The van der Waals surface area contributed by atoms with E-state index in [0.717, 1.165) is 16.7 Å². The second-order valence-corrected chi connectivity index (χ2v) is 12.4. The van der Waals surface area contributed by atoms with Gasteiger partial charge < -0.3 is 34.2 Å². The first kappa shape index (κ1) is 36.0. The van der Waals surface area contributed by atoms with E-state index in [9.17, 15) is 14.4 Å². The van der Waals surface area contributed by atoms with Crippen molar-refractivity contribution in [2.45, 2.75) is 57.8 Å². The number of aromatic nitrogens is 3. The van der Waals surface area contributed by atoms with Gasteiger partial charge in [-0.2, -0.15) is 0 Å². The number of hydrogen-bond donors (Lipinski definition) is 1. The maximum absolute atomic E-state index is 13.2. The summed E-state index contributed by atoms with van der Waals surface area (Å²) in [5.41, 5.74) is 6.53. The summed E-state index contributed by atoms with van der Waals surface area (Å²) in [5, 5.41) is 4.17. The third kappa shape index (κ3) is 7.48. The average molecular weight is 687 g/mol. The minimum Gasteiger partial charge on any atom is -0.497 e. The number of rotatable bonds is 14. The van der Waals surface area contributed by atoms with E-state index in [2.05, 4.69) is 10.1 Å². The van der Waals surface area contributed by atoms with Gasteiger partial charge in [-0.3, -0.25) is 14.4 Å². The number of ether oxygens (including phenoxy) is 6. The highest BCUT2D eigenvalue weighted by Gasteiger charge is 2.53. The molecule has 1 fully saturated rings. The van der Waals surface area contributed by atoms with Gasteiger partial charge in [0.2, 0.25) is 5.82 Å². The Balaban J connectivity index is 1.63. The summed E-state index contributed by atoms with van der Waals surface area (Å²) in [7, 11) is 3.19. The van der Waals surface area contributed by atoms with Gasteiger partial charge in [0.05, 0.1) is 32.7 Å². The van der Waals surface area contributed by atoms with E-state index in [-0.39, 0.29) is 12.4 Å². The fourth-order valence-corrected chi connectivity index (χ4v) is 5.66. The van der Waals surface area contributed by atoms with Crippen LogP contribution in [0.4, 0.5) is 0 Å². The lowest BCUT2D eigenvalue weighted by atomic mass is 9.80. The second kappa shape index (κ2) is 15.5. The smallest absolute Gasteiger partial charge is 0.308 e. The van der Waals surface area contributed by atoms with Crippen molar-refractivity contribution < 1.29 is 42.8 Å². The van der Waals surface area contributed by atoms with Crippen molar-refractivity contribution in [1.29, 1.82) is 0 Å². The van der Waals surface area contributed by atoms with E-state index in [0.29, 0.717) is 11.5 Å². The second-order valence-electron chi connectivity index (χ2n) is 12.4. The van der Waals surface area contributed by atoms with Gasteiger partial charge in [0.25, 0.3) is 5.91 Å². The van der Waals surface area contributed by atoms with E-state index < -0.39 is 59.8 Å². The molecule has 0 bridgehead atoms. The Morgan fingerprint density at radius 2 is 1.28 bits per heavy atom. The minimum absolute atomic E-state index is 0.160. The number of nitrogens with two attached hydrogens (primary N) is 1. The normalized spacial score (nSPS) is 19.0. The fraction of sp³-hybridized carbons (Fsp3) is 0.378. The summed E-state index contributed by atoms with van der Waals surface area (Å²) < 4.78 is 37.7. The Kier molecular flexibility index (Phi) is 11.2. The largest absolute Gasteiger partial charge is 0.497 e. The molecule has 1 aliphatic heterocycles. The number of primary amides is 1. The molecule has 5 rings (SSSR count). The third-order valence-corrected chi connectivity index (χ3v) is 8.36. The lowest BCUT2D eigenvalue weighted by Crippen LogP contribution is -2.44. The number of benzene rings is 3. The van der Waals surface area contributed by atoms with Gasteiger partial charge in [-0.25, -0.2) is 9.67 Å². The zero-order valence-electron chi connectivity index (χ0n) is 28.8. The van der Waals surface area contributed by atoms with Crippen molar-refractivity contribution >= 4 is 17.8 Å². The minimum atomic E-state index is -1.23. The molecule has 0 aliphatic carbocycles. The molecular formula is C37H42N4O9. The lowest BCUT2D eigenvalue weighted by molar-refractivity contribution is -0.173. The van der Waals surface area contributed by atoms with Crippen LogP contribution in [0.1, 0.15) is 61.2 Å². The maximum Gasteiger partial charge on any atom is 0.308 e. The topological polar surface area (TPSA) is 163 Å². The molecule has 2 N–H and O–H groups in total. The average Bonchev–Trinajstić information content (AvgIpc) is 3.75. The number of amides is 1. The fourth-order valence-electron chi connectivity index (χ4n) is 5.66. The van der Waals surface area contributed by atoms with E-state index in [1.165, 1.54) is 11.0 Å². The predicted octanol–water partition coefficient (Wildman–Crippen LogP) is 4.44. The first-order valence-corrected chi connectivity index (χ1v) is 16.2. The van der Waals surface area contributed by atoms with Crippen molar-refractivity contribution in [3.63, 3.8) is 0 Å². The Morgan fingerprint density at radius 1 is 0.780 bits per heavy atom. The number of nitrogens with zero attached hydrogens (tertiary/aromatic N) is 3. The molecular weight excluding hydrogens is 644 g/mol. The van der Waals surface area contributed by atoms with Gasteiger partial charge in [-0.1, -0.05) is 82.3 Å². The summed E-state index contributed by atoms with van der Waals surface area (Å²) >= 11 is 0. The van der Waals surface area contributed by atoms with Crippen LogP contribution < -0.4 is 15.2 Å². The number of methoxy groups -OCH3 is 2. The Hall–Kier alpha value is -5.27. The molecule has 4 aromatic rings. The summed E-state index contributed by atoms with van der Waals surface area (Å²) in [5.74, 6) is -1.91. The predicted molar refractivity (Wildman–Crippen MR) is 180 cm³/mol. The van der Waals surface area contributed by atoms with Crippen molar-refractivity contribution in [2.75, 3.05) is 20.8 Å². The zero-order chi connectivity index (χ0) is 36.0. The van der Waals surface area contributed by atoms with Gasteiger partial charge in [0.1, 0.15) is 29.5 Å². The molecule has 1 saturated heterocycles. The molecule has 1 aromatic heterocycles. The highest BCUT2D eigenvalue weighted by molar-refractivity contribution is 5.88. The molecule has 0 radical (unpaired) electrons. The van der Waals surface area contributed by atoms with Crippen LogP contribution in [0.5, 0.6) is 11.5 Å². The van der Waals surface area contributed by atoms with Crippen LogP contribution in [-0.4, -0.2) is 71.7 Å². The molecule has 1 aliphatic rings. The number of carbonyl (C=O) groups excluding carboxylic acids is 3. The number of esters is 2. The first-order chi connectivity index (χ1) is 24.0. The molecule has 3 aromatic carbocycles. The molecule has 1 amide bonds. The van der Waals surface area contributed by atoms with Gasteiger partial charge in [0, 0.05) is 0 Å². The van der Waals surface area contributed by atoms with Crippen LogP contribution in [-0.2, 0) is 34.1 Å². The maximum atomic E-state index is 13.2. The summed E-state index contributed by atoms with van der Waals surface area (Å²) in [6.45, 7) is 6.59. The SMILES string of the molecule is COc1ccc(C(OC[C@H]2O[C@@H](n3cnc(C(N)=O)n3)[C@H](OC(=O)C(C)C)[C@@H]2OC(=O)C(C)C)(c2ccccc2)c2ccc(OC)cc2)cc1. The monoisotopic (exact) mass is 686 g/mol. The quantitative estimate of drug-likeness (QED) is 0.147. The van der Waals surface area contributed by atoms with Crippen molar-refractivity contribution in [1.82, 2.24) is 14.8 Å². The van der Waals surface area contributed by atoms with Crippen LogP contribution in [0.25, 0.3) is 0 Å². The molecule has 2 heterocycles. The van der Waals surface area contributed by atoms with Gasteiger partial charge in [-0.15, -0.1) is 5.10 Å². The van der Waals surface area contributed by atoms with Crippen molar-refractivity contribution in [3.8, 4) is 11.5 Å². The van der Waals surface area contributed by atoms with E-state index in [1.54, 1.807) is 41.9 Å². The van der Waals surface area contributed by atoms with E-state index in [4.69, 9.17) is 34.2 Å². The summed E-state index contributed by atoms with van der Waals surface area (Å²) in [6, 6.07) is 24.7. The number of carbonyl (C=O) groups is 3. The summed E-state index contributed by atoms with van der Waals surface area (Å²) in [6.07, 6.45) is -3.22. The van der Waals surface area contributed by atoms with Crippen LogP contribution in [0.15, 0.2) is 85.2 Å². The van der Waals surface area contributed by atoms with E-state index in [1.807, 2.05) is 78.9 Å². The van der Waals surface area contributed by atoms with Crippen molar-refractivity contribution in [3.05, 3.63) is 108 Å². The third-order valence-electron chi connectivity index (χ3n) is 8.36. The van der Waals surface area contributed by atoms with Crippen LogP contribution >= 0.6 is 0 Å². The Morgan fingerprint density at radius 3 is 1.74 bits per heavy atom. The lowest BCUT2D eigenvalue weighted by Gasteiger charge is -2.37. The van der Waals surface area contributed by atoms with Gasteiger partial charge in [-0.05, 0) is 41.0 Å². The molecule has 50 heavy (non-hydrogen) atoms. The highest BCUT2D eigenvalue weighted by Crippen LogP contribution is 2.43. The molecule has 0 saturated carbocycles. The van der Waals surface area contributed by atoms with Gasteiger partial charge >= 0.3 is 11.9 Å². The zero-order valence-corrected chi connectivity index (χ0v) is 28.8. The molecule has 264 valence electrons. The molecule has 13 heteroatoms. The highest BCUT2D eigenvalue weighted by atomic mass is 16.7. The number of hydrogen-bond acceptors (Lipinski definition) is 11.